The van der Waals surface area contributed by atoms with Crippen molar-refractivity contribution in [1.29, 1.82) is 0 Å². The Hall–Kier alpha value is -1.40. The molecule has 3 fully saturated rings. The van der Waals surface area contributed by atoms with E-state index in [2.05, 4.69) is 21.4 Å². The first-order chi connectivity index (χ1) is 12.0. The van der Waals surface area contributed by atoms with Gasteiger partial charge in [0.05, 0.1) is 17.0 Å². The molecule has 1 unspecified atom stereocenters. The molecule has 0 radical (unpaired) electrons. The molecule has 1 aliphatic carbocycles. The molecule has 0 aromatic carbocycles. The average Bonchev–Trinajstić information content (AvgIpc) is 3.14. The van der Waals surface area contributed by atoms with Gasteiger partial charge in [-0.05, 0) is 50.5 Å². The smallest absolute Gasteiger partial charge is 0.220 e. The van der Waals surface area contributed by atoms with Crippen LogP contribution in [0, 0.1) is 18.8 Å². The van der Waals surface area contributed by atoms with Crippen LogP contribution < -0.4 is 5.32 Å². The molecule has 1 aromatic rings. The van der Waals surface area contributed by atoms with Crippen LogP contribution in [0.1, 0.15) is 43.5 Å². The second kappa shape index (κ2) is 6.72. The third kappa shape index (κ3) is 3.75. The summed E-state index contributed by atoms with van der Waals surface area (Å²) < 4.78 is 8.12. The van der Waals surface area contributed by atoms with Crippen LogP contribution in [0.25, 0.3) is 0 Å². The van der Waals surface area contributed by atoms with Crippen molar-refractivity contribution in [3.05, 3.63) is 17.5 Å². The van der Waals surface area contributed by atoms with Gasteiger partial charge in [-0.15, -0.1) is 0 Å². The molecule has 2 aliphatic heterocycles. The fourth-order valence-electron chi connectivity index (χ4n) is 4.45. The lowest BCUT2D eigenvalue weighted by molar-refractivity contribution is -0.138. The van der Waals surface area contributed by atoms with Crippen LogP contribution in [-0.4, -0.2) is 52.4 Å². The van der Waals surface area contributed by atoms with Crippen molar-refractivity contribution in [2.45, 2.75) is 51.2 Å². The van der Waals surface area contributed by atoms with Crippen molar-refractivity contribution in [1.82, 2.24) is 20.0 Å². The van der Waals surface area contributed by atoms with Crippen molar-refractivity contribution in [2.75, 3.05) is 26.2 Å². The Kier molecular flexibility index (Phi) is 4.58. The Balaban J connectivity index is 1.23. The molecule has 2 saturated heterocycles. The highest BCUT2D eigenvalue weighted by atomic mass is 16.5. The molecule has 3 aliphatic rings. The van der Waals surface area contributed by atoms with Gasteiger partial charge >= 0.3 is 0 Å². The number of amides is 1. The highest BCUT2D eigenvalue weighted by molar-refractivity contribution is 5.76. The Morgan fingerprint density at radius 2 is 2.20 bits per heavy atom. The van der Waals surface area contributed by atoms with Crippen molar-refractivity contribution in [3.63, 3.8) is 0 Å². The van der Waals surface area contributed by atoms with E-state index in [0.29, 0.717) is 11.8 Å². The first-order valence-corrected chi connectivity index (χ1v) is 9.67. The van der Waals surface area contributed by atoms with E-state index >= 15 is 0 Å². The maximum Gasteiger partial charge on any atom is 0.220 e. The van der Waals surface area contributed by atoms with Gasteiger partial charge in [-0.1, -0.05) is 0 Å². The fourth-order valence-corrected chi connectivity index (χ4v) is 4.45. The van der Waals surface area contributed by atoms with E-state index in [1.807, 2.05) is 18.7 Å². The van der Waals surface area contributed by atoms with Gasteiger partial charge in [-0.25, -0.2) is 0 Å². The number of carbonyl (C=O) groups is 1. The summed E-state index contributed by atoms with van der Waals surface area (Å²) >= 11 is 0. The molecule has 6 nitrogen and oxygen atoms in total. The minimum Gasteiger partial charge on any atom is -0.372 e. The summed E-state index contributed by atoms with van der Waals surface area (Å²) in [6.07, 6.45) is 5.36. The van der Waals surface area contributed by atoms with Crippen molar-refractivity contribution in [3.8, 4) is 0 Å². The SMILES string of the molecule is Cc1cc(CN2CC3(C2)OCCC3CCNC(=O)CC2CC2)n(C)n1. The molecular formula is C19H30N4O2. The minimum absolute atomic E-state index is 0.0227. The van der Waals surface area contributed by atoms with Gasteiger partial charge < -0.3 is 10.1 Å². The summed E-state index contributed by atoms with van der Waals surface area (Å²) in [6, 6.07) is 2.16. The highest BCUT2D eigenvalue weighted by Gasteiger charge is 2.52. The Bertz CT molecular complexity index is 631. The standard InChI is InChI=1S/C19H30N4O2/c1-14-9-17(22(2)21-14)11-23-12-19(13-23)16(6-8-25-19)5-7-20-18(24)10-15-3-4-15/h9,15-16H,3-8,10-13H2,1-2H3,(H,20,24). The van der Waals surface area contributed by atoms with Crippen LogP contribution in [0.3, 0.4) is 0 Å². The predicted molar refractivity (Wildman–Crippen MR) is 95.0 cm³/mol. The van der Waals surface area contributed by atoms with Crippen LogP contribution >= 0.6 is 0 Å². The largest absolute Gasteiger partial charge is 0.372 e. The van der Waals surface area contributed by atoms with Gasteiger partial charge in [0.15, 0.2) is 0 Å². The number of likely N-dealkylation sites (tertiary alicyclic amines) is 1. The highest BCUT2D eigenvalue weighted by Crippen LogP contribution is 2.42. The second-order valence-electron chi connectivity index (χ2n) is 8.23. The summed E-state index contributed by atoms with van der Waals surface area (Å²) in [7, 11) is 2.01. The first-order valence-electron chi connectivity index (χ1n) is 9.67. The van der Waals surface area contributed by atoms with E-state index in [1.165, 1.54) is 18.5 Å². The normalized spacial score (nSPS) is 25.3. The fraction of sp³-hybridized carbons (Fsp3) is 0.789. The Morgan fingerprint density at radius 3 is 2.88 bits per heavy atom. The molecule has 1 aromatic heterocycles. The van der Waals surface area contributed by atoms with E-state index in [-0.39, 0.29) is 11.5 Å². The number of carbonyl (C=O) groups excluding carboxylic acids is 1. The number of nitrogens with zero attached hydrogens (tertiary/aromatic N) is 3. The van der Waals surface area contributed by atoms with E-state index in [9.17, 15) is 4.79 Å². The van der Waals surface area contributed by atoms with Gasteiger partial charge in [-0.3, -0.25) is 14.4 Å². The Morgan fingerprint density at radius 1 is 1.40 bits per heavy atom. The lowest BCUT2D eigenvalue weighted by Crippen LogP contribution is -2.64. The second-order valence-corrected chi connectivity index (χ2v) is 8.23. The zero-order valence-electron chi connectivity index (χ0n) is 15.5. The van der Waals surface area contributed by atoms with E-state index in [4.69, 9.17) is 4.74 Å². The van der Waals surface area contributed by atoms with Gasteiger partial charge in [0.1, 0.15) is 0 Å². The first kappa shape index (κ1) is 17.0. The number of nitrogens with one attached hydrogen (secondary N) is 1. The monoisotopic (exact) mass is 346 g/mol. The van der Waals surface area contributed by atoms with Crippen LogP contribution in [0.15, 0.2) is 6.07 Å². The van der Waals surface area contributed by atoms with Crippen molar-refractivity contribution >= 4 is 5.91 Å². The minimum atomic E-state index is 0.0227. The third-order valence-corrected chi connectivity index (χ3v) is 6.05. The summed E-state index contributed by atoms with van der Waals surface area (Å²) in [4.78, 5) is 14.3. The molecule has 138 valence electrons. The molecule has 4 rings (SSSR count). The van der Waals surface area contributed by atoms with Gasteiger partial charge in [0.2, 0.25) is 5.91 Å². The maximum atomic E-state index is 11.8. The van der Waals surface area contributed by atoms with E-state index in [0.717, 1.165) is 57.7 Å². The number of hydrogen-bond donors (Lipinski definition) is 1. The predicted octanol–water partition coefficient (Wildman–Crippen LogP) is 1.63. The number of hydrogen-bond acceptors (Lipinski definition) is 4. The van der Waals surface area contributed by atoms with E-state index < -0.39 is 0 Å². The van der Waals surface area contributed by atoms with Crippen LogP contribution in [0.5, 0.6) is 0 Å². The van der Waals surface area contributed by atoms with E-state index in [1.54, 1.807) is 0 Å². The summed E-state index contributed by atoms with van der Waals surface area (Å²) in [5.41, 5.74) is 2.35. The van der Waals surface area contributed by atoms with Crippen LogP contribution in [-0.2, 0) is 23.1 Å². The van der Waals surface area contributed by atoms with Crippen molar-refractivity contribution in [2.24, 2.45) is 18.9 Å². The molecule has 1 spiro atoms. The van der Waals surface area contributed by atoms with Crippen LogP contribution in [0.2, 0.25) is 0 Å². The molecule has 6 heteroatoms. The number of ether oxygens (including phenoxy) is 1. The van der Waals surface area contributed by atoms with Crippen molar-refractivity contribution < 1.29 is 9.53 Å². The molecule has 1 amide bonds. The topological polar surface area (TPSA) is 59.4 Å². The third-order valence-electron chi connectivity index (χ3n) is 6.05. The zero-order chi connectivity index (χ0) is 17.4. The van der Waals surface area contributed by atoms with Gasteiger partial charge in [-0.2, -0.15) is 5.10 Å². The zero-order valence-corrected chi connectivity index (χ0v) is 15.5. The molecule has 0 bridgehead atoms. The lowest BCUT2D eigenvalue weighted by Gasteiger charge is -2.50. The summed E-state index contributed by atoms with van der Waals surface area (Å²) in [6.45, 7) is 6.62. The van der Waals surface area contributed by atoms with Gasteiger partial charge in [0.25, 0.3) is 0 Å². The summed E-state index contributed by atoms with van der Waals surface area (Å²) in [5, 5.41) is 7.54. The molecule has 25 heavy (non-hydrogen) atoms. The maximum absolute atomic E-state index is 11.8. The lowest BCUT2D eigenvalue weighted by atomic mass is 9.79. The summed E-state index contributed by atoms with van der Waals surface area (Å²) in [5.74, 6) is 1.47. The number of rotatable bonds is 7. The molecule has 3 heterocycles. The number of aromatic nitrogens is 2. The average molecular weight is 346 g/mol. The van der Waals surface area contributed by atoms with Crippen LogP contribution in [0.4, 0.5) is 0 Å². The molecular weight excluding hydrogens is 316 g/mol. The molecule has 1 atom stereocenters. The van der Waals surface area contributed by atoms with Gasteiger partial charge in [0, 0.05) is 46.3 Å². The number of aryl methyl sites for hydroxylation is 2. The molecule has 1 saturated carbocycles. The molecule has 1 N–H and O–H groups in total. The Labute approximate surface area is 149 Å². The quantitative estimate of drug-likeness (QED) is 0.815.